The molecule has 3 aliphatic carbocycles. The first-order valence-corrected chi connectivity index (χ1v) is 7.80. The number of anilines is 2. The van der Waals surface area contributed by atoms with E-state index in [1.807, 2.05) is 0 Å². The average Bonchev–Trinajstić information content (AvgIpc) is 2.72. The molecule has 1 N–H and O–H groups in total. The molecule has 6 rings (SSSR count). The van der Waals surface area contributed by atoms with Crippen molar-refractivity contribution in [1.29, 1.82) is 0 Å². The predicted octanol–water partition coefficient (Wildman–Crippen LogP) is 5.25. The lowest BCUT2D eigenvalue weighted by atomic mass is 9.68. The van der Waals surface area contributed by atoms with Crippen molar-refractivity contribution < 1.29 is 0 Å². The largest absolute Gasteiger partial charge is 0.355 e. The van der Waals surface area contributed by atoms with Gasteiger partial charge in [-0.25, -0.2) is 0 Å². The molecular weight excluding hydrogens is 254 g/mol. The number of para-hydroxylation sites is 2. The van der Waals surface area contributed by atoms with Gasteiger partial charge in [-0.2, -0.15) is 0 Å². The van der Waals surface area contributed by atoms with Crippen molar-refractivity contribution in [2.45, 2.75) is 12.8 Å². The Morgan fingerprint density at radius 2 is 1.14 bits per heavy atom. The molecule has 2 bridgehead atoms. The van der Waals surface area contributed by atoms with E-state index in [0.717, 1.165) is 0 Å². The molecule has 4 aliphatic rings. The first-order valence-electron chi connectivity index (χ1n) is 7.80. The fourth-order valence-electron chi connectivity index (χ4n) is 4.19. The molecule has 0 saturated heterocycles. The van der Waals surface area contributed by atoms with Crippen molar-refractivity contribution in [1.82, 2.24) is 0 Å². The molecule has 0 spiro atoms. The van der Waals surface area contributed by atoms with Gasteiger partial charge in [0.25, 0.3) is 0 Å². The van der Waals surface area contributed by atoms with E-state index in [-0.39, 0.29) is 0 Å². The van der Waals surface area contributed by atoms with Gasteiger partial charge in [-0.1, -0.05) is 48.6 Å². The highest BCUT2D eigenvalue weighted by Gasteiger charge is 2.35. The number of rotatable bonds is 0. The van der Waals surface area contributed by atoms with Crippen LogP contribution in [-0.2, 0) is 0 Å². The second kappa shape index (κ2) is 4.11. The lowest BCUT2D eigenvalue weighted by Crippen LogP contribution is -2.20. The molecule has 2 aromatic rings. The molecule has 0 aromatic heterocycles. The van der Waals surface area contributed by atoms with Gasteiger partial charge in [-0.3, -0.25) is 0 Å². The van der Waals surface area contributed by atoms with E-state index < -0.39 is 0 Å². The van der Waals surface area contributed by atoms with Crippen LogP contribution in [0.5, 0.6) is 0 Å². The van der Waals surface area contributed by atoms with Crippen LogP contribution in [0.4, 0.5) is 11.4 Å². The van der Waals surface area contributed by atoms with Crippen LogP contribution in [0.3, 0.4) is 0 Å². The van der Waals surface area contributed by atoms with E-state index in [9.17, 15) is 0 Å². The van der Waals surface area contributed by atoms with Crippen LogP contribution in [0, 0.1) is 11.8 Å². The van der Waals surface area contributed by atoms with Crippen LogP contribution in [-0.4, -0.2) is 0 Å². The summed E-state index contributed by atoms with van der Waals surface area (Å²) in [4.78, 5) is 0. The van der Waals surface area contributed by atoms with E-state index in [1.54, 1.807) is 11.1 Å². The van der Waals surface area contributed by atoms with Gasteiger partial charge in [0.2, 0.25) is 0 Å². The van der Waals surface area contributed by atoms with Crippen molar-refractivity contribution in [3.8, 4) is 0 Å². The summed E-state index contributed by atoms with van der Waals surface area (Å²) in [5, 5.41) is 3.66. The third kappa shape index (κ3) is 1.52. The van der Waals surface area contributed by atoms with Gasteiger partial charge in [0, 0.05) is 34.3 Å². The second-order valence-corrected chi connectivity index (χ2v) is 6.22. The smallest absolute Gasteiger partial charge is 0.0461 e. The zero-order valence-corrected chi connectivity index (χ0v) is 11.8. The Bertz CT molecular complexity index is 731. The highest BCUT2D eigenvalue weighted by atomic mass is 14.9. The Labute approximate surface area is 125 Å². The number of allylic oxidation sites excluding steroid dienone is 4. The van der Waals surface area contributed by atoms with Gasteiger partial charge in [0.05, 0.1) is 0 Å². The number of hydrogen-bond acceptors (Lipinski definition) is 1. The summed E-state index contributed by atoms with van der Waals surface area (Å²) in [5.74, 6) is 1.17. The highest BCUT2D eigenvalue weighted by Crippen LogP contribution is 2.53. The van der Waals surface area contributed by atoms with Crippen molar-refractivity contribution >= 4 is 22.5 Å². The summed E-state index contributed by atoms with van der Waals surface area (Å²) in [7, 11) is 0. The maximum Gasteiger partial charge on any atom is 0.0461 e. The fraction of sp³-hybridized carbons (Fsp3) is 0.200. The first-order chi connectivity index (χ1) is 10.4. The monoisotopic (exact) mass is 271 g/mol. The lowest BCUT2D eigenvalue weighted by molar-refractivity contribution is 0.556. The standard InChI is InChI=1S/C20H17N/c1-3-7-17-15(5-1)19-13-9-11-14(12-10-13)20(19)16-6-2-4-8-18(16)21-17/h1-9,11,13-14,21H,10,12H2. The summed E-state index contributed by atoms with van der Waals surface area (Å²) in [5.41, 5.74) is 8.39. The van der Waals surface area contributed by atoms with Gasteiger partial charge in [0.15, 0.2) is 0 Å². The van der Waals surface area contributed by atoms with Crippen LogP contribution in [0.2, 0.25) is 0 Å². The molecule has 0 saturated carbocycles. The lowest BCUT2D eigenvalue weighted by Gasteiger charge is -2.36. The summed E-state index contributed by atoms with van der Waals surface area (Å²) in [6.07, 6.45) is 7.43. The third-order valence-electron chi connectivity index (χ3n) is 5.10. The highest BCUT2D eigenvalue weighted by molar-refractivity contribution is 6.04. The van der Waals surface area contributed by atoms with Gasteiger partial charge in [0.1, 0.15) is 0 Å². The molecule has 2 unspecified atom stereocenters. The summed E-state index contributed by atoms with van der Waals surface area (Å²) >= 11 is 0. The number of fused-ring (bicyclic) bond motifs is 3. The van der Waals surface area contributed by atoms with Crippen LogP contribution in [0.25, 0.3) is 11.1 Å². The Hall–Kier alpha value is -2.28. The van der Waals surface area contributed by atoms with Crippen molar-refractivity contribution in [2.24, 2.45) is 11.8 Å². The van der Waals surface area contributed by atoms with Crippen LogP contribution >= 0.6 is 0 Å². The quantitative estimate of drug-likeness (QED) is 0.645. The molecule has 102 valence electrons. The van der Waals surface area contributed by atoms with Crippen LogP contribution < -0.4 is 5.32 Å². The molecule has 0 amide bonds. The maximum absolute atomic E-state index is 3.66. The minimum Gasteiger partial charge on any atom is -0.355 e. The van der Waals surface area contributed by atoms with Gasteiger partial charge < -0.3 is 5.32 Å². The zero-order chi connectivity index (χ0) is 13.8. The van der Waals surface area contributed by atoms with Gasteiger partial charge in [-0.15, -0.1) is 0 Å². The van der Waals surface area contributed by atoms with E-state index in [4.69, 9.17) is 0 Å². The van der Waals surface area contributed by atoms with E-state index in [2.05, 4.69) is 66.0 Å². The maximum atomic E-state index is 3.66. The summed E-state index contributed by atoms with van der Waals surface area (Å²) < 4.78 is 0. The molecule has 1 nitrogen and oxygen atoms in total. The first kappa shape index (κ1) is 11.4. The minimum absolute atomic E-state index is 0.583. The Morgan fingerprint density at radius 1 is 0.667 bits per heavy atom. The fourth-order valence-corrected chi connectivity index (χ4v) is 4.19. The average molecular weight is 271 g/mol. The number of nitrogens with one attached hydrogen (secondary N) is 1. The Morgan fingerprint density at radius 3 is 1.62 bits per heavy atom. The molecule has 1 heteroatoms. The molecule has 21 heavy (non-hydrogen) atoms. The predicted molar refractivity (Wildman–Crippen MR) is 88.3 cm³/mol. The normalized spacial score (nSPS) is 24.8. The Kier molecular flexibility index (Phi) is 2.23. The Balaban J connectivity index is 1.89. The molecule has 1 heterocycles. The minimum atomic E-state index is 0.583. The van der Waals surface area contributed by atoms with Crippen molar-refractivity contribution in [2.75, 3.05) is 5.32 Å². The molecule has 2 atom stereocenters. The van der Waals surface area contributed by atoms with Gasteiger partial charge in [-0.05, 0) is 36.1 Å². The van der Waals surface area contributed by atoms with Crippen LogP contribution in [0.1, 0.15) is 24.0 Å². The molecular formula is C20H17N. The van der Waals surface area contributed by atoms with E-state index in [0.29, 0.717) is 11.8 Å². The summed E-state index contributed by atoms with van der Waals surface area (Å²) in [6, 6.07) is 17.5. The molecule has 0 fully saturated rings. The number of benzene rings is 2. The molecule has 1 aliphatic heterocycles. The topological polar surface area (TPSA) is 12.0 Å². The molecule has 2 aromatic carbocycles. The van der Waals surface area contributed by atoms with E-state index in [1.165, 1.54) is 35.3 Å². The van der Waals surface area contributed by atoms with Crippen molar-refractivity contribution in [3.63, 3.8) is 0 Å². The third-order valence-corrected chi connectivity index (χ3v) is 5.10. The number of hydrogen-bond donors (Lipinski definition) is 1. The molecule has 0 radical (unpaired) electrons. The second-order valence-electron chi connectivity index (χ2n) is 6.22. The summed E-state index contributed by atoms with van der Waals surface area (Å²) in [6.45, 7) is 0. The van der Waals surface area contributed by atoms with Gasteiger partial charge >= 0.3 is 0 Å². The SMILES string of the molecule is C1=CC2CCC1C1=C2c2ccccc2Nc2ccccc21. The van der Waals surface area contributed by atoms with Crippen LogP contribution in [0.15, 0.2) is 60.7 Å². The zero-order valence-electron chi connectivity index (χ0n) is 11.8. The van der Waals surface area contributed by atoms with E-state index >= 15 is 0 Å². The van der Waals surface area contributed by atoms with Crippen molar-refractivity contribution in [3.05, 3.63) is 71.8 Å².